The van der Waals surface area contributed by atoms with E-state index in [0.29, 0.717) is 24.6 Å². The second kappa shape index (κ2) is 6.36. The van der Waals surface area contributed by atoms with Crippen LogP contribution in [0.1, 0.15) is 45.9 Å². The number of amides is 1. The summed E-state index contributed by atoms with van der Waals surface area (Å²) in [7, 11) is 0. The zero-order valence-electron chi connectivity index (χ0n) is 13.5. The lowest BCUT2D eigenvalue weighted by molar-refractivity contribution is 0.0951. The second-order valence-electron chi connectivity index (χ2n) is 6.19. The molecule has 1 aliphatic carbocycles. The predicted octanol–water partition coefficient (Wildman–Crippen LogP) is 2.17. The lowest BCUT2D eigenvalue weighted by Gasteiger charge is -2.10. The summed E-state index contributed by atoms with van der Waals surface area (Å²) in [4.78, 5) is 28.5. The molecule has 1 amide bonds. The summed E-state index contributed by atoms with van der Waals surface area (Å²) < 4.78 is 1.54. The zero-order valence-corrected chi connectivity index (χ0v) is 13.5. The summed E-state index contributed by atoms with van der Waals surface area (Å²) in [5, 5.41) is 2.86. The van der Waals surface area contributed by atoms with Gasteiger partial charge in [0.05, 0.1) is 12.0 Å². The van der Waals surface area contributed by atoms with Crippen molar-refractivity contribution in [2.45, 2.75) is 39.2 Å². The summed E-state index contributed by atoms with van der Waals surface area (Å²) in [5.74, 6) is 0.361. The van der Waals surface area contributed by atoms with Crippen molar-refractivity contribution in [1.82, 2.24) is 14.9 Å². The lowest BCUT2D eigenvalue weighted by Crippen LogP contribution is -2.31. The molecule has 3 rings (SSSR count). The molecule has 23 heavy (non-hydrogen) atoms. The number of rotatable bonds is 5. The molecule has 1 N–H and O–H groups in total. The molecule has 0 bridgehead atoms. The summed E-state index contributed by atoms with van der Waals surface area (Å²) in [6.07, 6.45) is 3.84. The maximum atomic E-state index is 12.2. The fourth-order valence-electron chi connectivity index (χ4n) is 2.66. The van der Waals surface area contributed by atoms with Gasteiger partial charge in [0.25, 0.3) is 11.5 Å². The van der Waals surface area contributed by atoms with Gasteiger partial charge in [0.15, 0.2) is 0 Å². The monoisotopic (exact) mass is 311 g/mol. The van der Waals surface area contributed by atoms with Crippen LogP contribution in [-0.4, -0.2) is 22.0 Å². The molecule has 120 valence electrons. The third-order valence-corrected chi connectivity index (χ3v) is 4.16. The van der Waals surface area contributed by atoms with Crippen LogP contribution in [0.25, 0.3) is 0 Å². The summed E-state index contributed by atoms with van der Waals surface area (Å²) in [6.45, 7) is 4.75. The van der Waals surface area contributed by atoms with E-state index >= 15 is 0 Å². The van der Waals surface area contributed by atoms with Crippen LogP contribution >= 0.6 is 0 Å². The number of hydrogen-bond acceptors (Lipinski definition) is 3. The van der Waals surface area contributed by atoms with Crippen molar-refractivity contribution in [2.24, 2.45) is 0 Å². The first-order valence-electron chi connectivity index (χ1n) is 7.96. The van der Waals surface area contributed by atoms with Crippen LogP contribution in [-0.2, 0) is 6.54 Å². The van der Waals surface area contributed by atoms with Crippen molar-refractivity contribution >= 4 is 5.91 Å². The number of hydrogen-bond donors (Lipinski definition) is 1. The molecule has 1 fully saturated rings. The highest BCUT2D eigenvalue weighted by molar-refractivity contribution is 5.95. The summed E-state index contributed by atoms with van der Waals surface area (Å²) in [5.41, 5.74) is 3.60. The van der Waals surface area contributed by atoms with E-state index in [9.17, 15) is 9.59 Å². The van der Waals surface area contributed by atoms with Gasteiger partial charge in [-0.05, 0) is 38.3 Å². The minimum absolute atomic E-state index is 0.0531. The number of aryl methyl sites for hydroxylation is 2. The molecule has 2 aromatic rings. The van der Waals surface area contributed by atoms with E-state index in [0.717, 1.165) is 29.7 Å². The predicted molar refractivity (Wildman–Crippen MR) is 88.7 cm³/mol. The van der Waals surface area contributed by atoms with Crippen LogP contribution in [0.4, 0.5) is 0 Å². The van der Waals surface area contributed by atoms with E-state index in [1.54, 1.807) is 12.4 Å². The minimum atomic E-state index is -0.113. The largest absolute Gasteiger partial charge is 0.350 e. The van der Waals surface area contributed by atoms with Gasteiger partial charge in [-0.3, -0.25) is 14.2 Å². The van der Waals surface area contributed by atoms with Crippen LogP contribution in [0, 0.1) is 13.8 Å². The second-order valence-corrected chi connectivity index (χ2v) is 6.19. The molecule has 0 aliphatic heterocycles. The average molecular weight is 311 g/mol. The summed E-state index contributed by atoms with van der Waals surface area (Å²) >= 11 is 0. The van der Waals surface area contributed by atoms with Gasteiger partial charge in [-0.1, -0.05) is 17.7 Å². The molecular weight excluding hydrogens is 290 g/mol. The van der Waals surface area contributed by atoms with Crippen molar-refractivity contribution in [3.63, 3.8) is 0 Å². The van der Waals surface area contributed by atoms with E-state index in [1.165, 1.54) is 4.57 Å². The SMILES string of the molecule is Cc1ccc(C(=O)NCCn2cnc(C3CC3)cc2=O)c(C)c1. The first kappa shape index (κ1) is 15.5. The van der Waals surface area contributed by atoms with Gasteiger partial charge in [0.2, 0.25) is 0 Å². The van der Waals surface area contributed by atoms with Gasteiger partial charge in [-0.2, -0.15) is 0 Å². The van der Waals surface area contributed by atoms with Crippen molar-refractivity contribution < 1.29 is 4.79 Å². The van der Waals surface area contributed by atoms with Gasteiger partial charge in [-0.25, -0.2) is 4.98 Å². The van der Waals surface area contributed by atoms with E-state index in [2.05, 4.69) is 10.3 Å². The Morgan fingerprint density at radius 3 is 2.74 bits per heavy atom. The standard InChI is InChI=1S/C18H21N3O2/c1-12-3-6-15(13(2)9-12)18(23)19-7-8-21-11-20-16(10-17(21)22)14-4-5-14/h3,6,9-11,14H,4-5,7-8H2,1-2H3,(H,19,23). The Balaban J connectivity index is 1.58. The fourth-order valence-corrected chi connectivity index (χ4v) is 2.66. The molecule has 1 aromatic heterocycles. The van der Waals surface area contributed by atoms with Crippen LogP contribution < -0.4 is 10.9 Å². The van der Waals surface area contributed by atoms with Crippen LogP contribution in [0.2, 0.25) is 0 Å². The van der Waals surface area contributed by atoms with Crippen LogP contribution in [0.5, 0.6) is 0 Å². The Hall–Kier alpha value is -2.43. The van der Waals surface area contributed by atoms with Crippen LogP contribution in [0.15, 0.2) is 35.4 Å². The summed E-state index contributed by atoms with van der Waals surface area (Å²) in [6, 6.07) is 7.36. The Morgan fingerprint density at radius 1 is 1.30 bits per heavy atom. The maximum Gasteiger partial charge on any atom is 0.253 e. The highest BCUT2D eigenvalue weighted by Crippen LogP contribution is 2.38. The highest BCUT2D eigenvalue weighted by atomic mass is 16.1. The van der Waals surface area contributed by atoms with Gasteiger partial charge < -0.3 is 5.32 Å². The van der Waals surface area contributed by atoms with Crippen LogP contribution in [0.3, 0.4) is 0 Å². The average Bonchev–Trinajstić information content (AvgIpc) is 3.33. The zero-order chi connectivity index (χ0) is 16.4. The number of carbonyl (C=O) groups excluding carboxylic acids is 1. The van der Waals surface area contributed by atoms with Gasteiger partial charge in [0, 0.05) is 30.6 Å². The minimum Gasteiger partial charge on any atom is -0.350 e. The van der Waals surface area contributed by atoms with Gasteiger partial charge >= 0.3 is 0 Å². The van der Waals surface area contributed by atoms with Crippen molar-refractivity contribution in [1.29, 1.82) is 0 Å². The molecule has 1 aliphatic rings. The van der Waals surface area contributed by atoms with Crippen molar-refractivity contribution in [3.05, 3.63) is 63.3 Å². The molecule has 1 saturated carbocycles. The number of aromatic nitrogens is 2. The molecule has 0 radical (unpaired) electrons. The first-order chi connectivity index (χ1) is 11.0. The quantitative estimate of drug-likeness (QED) is 0.920. The topological polar surface area (TPSA) is 64.0 Å². The Morgan fingerprint density at radius 2 is 2.09 bits per heavy atom. The molecule has 5 heteroatoms. The molecule has 1 aromatic carbocycles. The number of benzene rings is 1. The Labute approximate surface area is 135 Å². The maximum absolute atomic E-state index is 12.2. The van der Waals surface area contributed by atoms with Crippen molar-refractivity contribution in [2.75, 3.05) is 6.54 Å². The Bertz CT molecular complexity index is 791. The normalized spacial score (nSPS) is 13.8. The van der Waals surface area contributed by atoms with Crippen molar-refractivity contribution in [3.8, 4) is 0 Å². The first-order valence-corrected chi connectivity index (χ1v) is 7.96. The van der Waals surface area contributed by atoms with E-state index < -0.39 is 0 Å². The number of nitrogens with zero attached hydrogens (tertiary/aromatic N) is 2. The molecule has 0 saturated heterocycles. The molecule has 5 nitrogen and oxygen atoms in total. The molecule has 0 spiro atoms. The van der Waals surface area contributed by atoms with E-state index in [4.69, 9.17) is 0 Å². The molecule has 0 atom stereocenters. The number of carbonyl (C=O) groups is 1. The van der Waals surface area contributed by atoms with Gasteiger partial charge in [-0.15, -0.1) is 0 Å². The van der Waals surface area contributed by atoms with E-state index in [-0.39, 0.29) is 11.5 Å². The highest BCUT2D eigenvalue weighted by Gasteiger charge is 2.25. The molecular formula is C18H21N3O2. The smallest absolute Gasteiger partial charge is 0.253 e. The third kappa shape index (κ3) is 3.67. The van der Waals surface area contributed by atoms with E-state index in [1.807, 2.05) is 32.0 Å². The fraction of sp³-hybridized carbons (Fsp3) is 0.389. The molecule has 1 heterocycles. The number of nitrogens with one attached hydrogen (secondary N) is 1. The van der Waals surface area contributed by atoms with Gasteiger partial charge in [0.1, 0.15) is 0 Å². The Kier molecular flexibility index (Phi) is 4.28. The molecule has 0 unspecified atom stereocenters. The lowest BCUT2D eigenvalue weighted by atomic mass is 10.1. The third-order valence-electron chi connectivity index (χ3n) is 4.16.